The maximum absolute atomic E-state index is 11.4. The zero-order valence-corrected chi connectivity index (χ0v) is 22.2. The molecular weight excluding hydrogens is 476 g/mol. The molecule has 196 valence electrons. The van der Waals surface area contributed by atoms with Crippen molar-refractivity contribution in [2.45, 2.75) is 52.5 Å². The molecular formula is C32H34N2O4. The SMILES string of the molecule is Cc1ccc(-c2nc(CCOc3ccc4c(c3)CC[C@H]4[C@H](C)C(=O)O)c(C)o2)cc1NCc1ccccc1. The second-order valence-corrected chi connectivity index (χ2v) is 10.1. The number of hydrogen-bond donors (Lipinski definition) is 2. The Morgan fingerprint density at radius 1 is 1.13 bits per heavy atom. The van der Waals surface area contributed by atoms with Crippen LogP contribution in [-0.2, 0) is 24.2 Å². The van der Waals surface area contributed by atoms with Crippen LogP contribution in [0.5, 0.6) is 5.75 Å². The van der Waals surface area contributed by atoms with Crippen molar-refractivity contribution in [3.8, 4) is 17.2 Å². The van der Waals surface area contributed by atoms with Gasteiger partial charge in [0.1, 0.15) is 11.5 Å². The Balaban J connectivity index is 1.21. The number of carbonyl (C=O) groups is 1. The van der Waals surface area contributed by atoms with Crippen molar-refractivity contribution in [2.24, 2.45) is 5.92 Å². The number of carboxylic acid groups (broad SMARTS) is 1. The van der Waals surface area contributed by atoms with Gasteiger partial charge in [-0.3, -0.25) is 4.79 Å². The number of aliphatic carboxylic acids is 1. The number of aryl methyl sites for hydroxylation is 3. The van der Waals surface area contributed by atoms with Crippen molar-refractivity contribution < 1.29 is 19.1 Å². The van der Waals surface area contributed by atoms with Crippen LogP contribution in [0.25, 0.3) is 11.5 Å². The summed E-state index contributed by atoms with van der Waals surface area (Å²) in [5.74, 6) is 1.16. The Labute approximate surface area is 223 Å². The van der Waals surface area contributed by atoms with E-state index in [4.69, 9.17) is 14.1 Å². The third-order valence-corrected chi connectivity index (χ3v) is 7.54. The maximum atomic E-state index is 11.4. The summed E-state index contributed by atoms with van der Waals surface area (Å²) < 4.78 is 12.1. The molecule has 0 bridgehead atoms. The summed E-state index contributed by atoms with van der Waals surface area (Å²) in [6.07, 6.45) is 2.39. The molecule has 0 saturated heterocycles. The van der Waals surface area contributed by atoms with Crippen LogP contribution in [0.4, 0.5) is 5.69 Å². The second kappa shape index (κ2) is 11.1. The maximum Gasteiger partial charge on any atom is 0.306 e. The van der Waals surface area contributed by atoms with Crippen LogP contribution in [-0.4, -0.2) is 22.7 Å². The molecule has 2 N–H and O–H groups in total. The van der Waals surface area contributed by atoms with E-state index in [1.165, 1.54) is 16.7 Å². The second-order valence-electron chi connectivity index (χ2n) is 10.1. The molecule has 0 saturated carbocycles. The minimum Gasteiger partial charge on any atom is -0.493 e. The number of nitrogens with one attached hydrogen (secondary N) is 1. The van der Waals surface area contributed by atoms with Gasteiger partial charge >= 0.3 is 5.97 Å². The summed E-state index contributed by atoms with van der Waals surface area (Å²) in [7, 11) is 0. The van der Waals surface area contributed by atoms with Gasteiger partial charge in [-0.05, 0) is 79.1 Å². The minimum atomic E-state index is -0.740. The summed E-state index contributed by atoms with van der Waals surface area (Å²) >= 11 is 0. The molecule has 1 aliphatic rings. The zero-order chi connectivity index (χ0) is 26.6. The van der Waals surface area contributed by atoms with Gasteiger partial charge in [-0.15, -0.1) is 0 Å². The number of ether oxygens (including phenoxy) is 1. The molecule has 0 radical (unpaired) electrons. The third kappa shape index (κ3) is 5.59. The van der Waals surface area contributed by atoms with Gasteiger partial charge in [0.05, 0.1) is 18.2 Å². The van der Waals surface area contributed by atoms with Crippen molar-refractivity contribution >= 4 is 11.7 Å². The molecule has 38 heavy (non-hydrogen) atoms. The number of carboxylic acids is 1. The van der Waals surface area contributed by atoms with Crippen LogP contribution in [0.1, 0.15) is 53.0 Å². The number of oxazole rings is 1. The van der Waals surface area contributed by atoms with Crippen molar-refractivity contribution in [3.05, 3.63) is 100 Å². The van der Waals surface area contributed by atoms with Gasteiger partial charge in [0.15, 0.2) is 0 Å². The monoisotopic (exact) mass is 510 g/mol. The molecule has 1 aromatic heterocycles. The summed E-state index contributed by atoms with van der Waals surface area (Å²) in [4.78, 5) is 16.2. The first kappa shape index (κ1) is 25.6. The molecule has 0 amide bonds. The first-order valence-electron chi connectivity index (χ1n) is 13.2. The quantitative estimate of drug-likeness (QED) is 0.240. The first-order chi connectivity index (χ1) is 18.4. The summed E-state index contributed by atoms with van der Waals surface area (Å²) in [5.41, 5.74) is 7.60. The van der Waals surface area contributed by atoms with E-state index >= 15 is 0 Å². The normalized spacial score (nSPS) is 15.2. The number of fused-ring (bicyclic) bond motifs is 1. The molecule has 6 nitrogen and oxygen atoms in total. The summed E-state index contributed by atoms with van der Waals surface area (Å²) in [6, 6.07) is 22.6. The van der Waals surface area contributed by atoms with Crippen LogP contribution in [0.2, 0.25) is 0 Å². The number of nitrogens with zero attached hydrogens (tertiary/aromatic N) is 1. The van der Waals surface area contributed by atoms with E-state index in [0.29, 0.717) is 18.9 Å². The molecule has 0 spiro atoms. The number of anilines is 1. The number of benzene rings is 3. The first-order valence-corrected chi connectivity index (χ1v) is 13.2. The fourth-order valence-corrected chi connectivity index (χ4v) is 5.20. The average Bonchev–Trinajstić information content (AvgIpc) is 3.51. The Morgan fingerprint density at radius 2 is 1.95 bits per heavy atom. The van der Waals surface area contributed by atoms with Crippen LogP contribution in [0.3, 0.4) is 0 Å². The van der Waals surface area contributed by atoms with Crippen molar-refractivity contribution in [1.29, 1.82) is 0 Å². The largest absolute Gasteiger partial charge is 0.493 e. The number of rotatable bonds is 10. The lowest BCUT2D eigenvalue weighted by molar-refractivity contribution is -0.141. The highest BCUT2D eigenvalue weighted by Gasteiger charge is 2.31. The minimum absolute atomic E-state index is 0.0728. The molecule has 6 heteroatoms. The Hall–Kier alpha value is -4.06. The lowest BCUT2D eigenvalue weighted by atomic mass is 9.89. The number of hydrogen-bond acceptors (Lipinski definition) is 5. The van der Waals surface area contributed by atoms with Gasteiger partial charge in [0.2, 0.25) is 5.89 Å². The van der Waals surface area contributed by atoms with E-state index in [1.807, 2.05) is 43.3 Å². The van der Waals surface area contributed by atoms with E-state index in [9.17, 15) is 9.90 Å². The van der Waals surface area contributed by atoms with E-state index in [0.717, 1.165) is 53.4 Å². The molecule has 5 rings (SSSR count). The van der Waals surface area contributed by atoms with Crippen LogP contribution in [0, 0.1) is 19.8 Å². The Kier molecular flexibility index (Phi) is 7.50. The van der Waals surface area contributed by atoms with E-state index in [2.05, 4.69) is 42.6 Å². The van der Waals surface area contributed by atoms with E-state index < -0.39 is 5.97 Å². The highest BCUT2D eigenvalue weighted by molar-refractivity contribution is 5.71. The molecule has 1 aliphatic carbocycles. The van der Waals surface area contributed by atoms with E-state index in [-0.39, 0.29) is 11.8 Å². The Morgan fingerprint density at radius 3 is 2.74 bits per heavy atom. The smallest absolute Gasteiger partial charge is 0.306 e. The molecule has 4 aromatic rings. The van der Waals surface area contributed by atoms with Crippen LogP contribution in [0.15, 0.2) is 71.1 Å². The van der Waals surface area contributed by atoms with Crippen LogP contribution >= 0.6 is 0 Å². The van der Waals surface area contributed by atoms with Crippen molar-refractivity contribution in [3.63, 3.8) is 0 Å². The lowest BCUT2D eigenvalue weighted by Crippen LogP contribution is -2.17. The van der Waals surface area contributed by atoms with E-state index in [1.54, 1.807) is 6.92 Å². The van der Waals surface area contributed by atoms with Gasteiger partial charge in [-0.2, -0.15) is 0 Å². The molecule has 0 aliphatic heterocycles. The third-order valence-electron chi connectivity index (χ3n) is 7.54. The molecule has 2 atom stereocenters. The Bertz CT molecular complexity index is 1430. The molecule has 0 fully saturated rings. The molecule has 0 unspecified atom stereocenters. The van der Waals surface area contributed by atoms with Gasteiger partial charge in [-0.1, -0.05) is 49.4 Å². The molecule has 3 aromatic carbocycles. The van der Waals surface area contributed by atoms with Crippen LogP contribution < -0.4 is 10.1 Å². The van der Waals surface area contributed by atoms with Gasteiger partial charge in [-0.25, -0.2) is 4.98 Å². The lowest BCUT2D eigenvalue weighted by Gasteiger charge is -2.16. The predicted molar refractivity (Wildman–Crippen MR) is 149 cm³/mol. The average molecular weight is 511 g/mol. The highest BCUT2D eigenvalue weighted by Crippen LogP contribution is 2.40. The van der Waals surface area contributed by atoms with Crippen molar-refractivity contribution in [2.75, 3.05) is 11.9 Å². The van der Waals surface area contributed by atoms with Crippen molar-refractivity contribution in [1.82, 2.24) is 4.98 Å². The zero-order valence-electron chi connectivity index (χ0n) is 22.2. The van der Waals surface area contributed by atoms with Gasteiger partial charge < -0.3 is 19.6 Å². The topological polar surface area (TPSA) is 84.6 Å². The number of aromatic nitrogens is 1. The molecule has 1 heterocycles. The van der Waals surface area contributed by atoms with Gasteiger partial charge in [0.25, 0.3) is 0 Å². The predicted octanol–water partition coefficient (Wildman–Crippen LogP) is 6.94. The fraction of sp³-hybridized carbons (Fsp3) is 0.312. The standard InChI is InChI=1S/C32H34N2O4/c1-20-9-10-25(18-30(20)33-19-23-7-5-4-6-8-23)31-34-29(22(3)38-31)15-16-37-26-12-14-28-24(17-26)11-13-27(28)21(2)32(35)36/h4-10,12,14,17-18,21,27,33H,11,13,15-16,19H2,1-3H3,(H,35,36)/t21-,27-/m0/s1. The summed E-state index contributed by atoms with van der Waals surface area (Å²) in [5, 5.41) is 12.9. The summed E-state index contributed by atoms with van der Waals surface area (Å²) in [6.45, 7) is 7.05. The van der Waals surface area contributed by atoms with Gasteiger partial charge in [0, 0.05) is 24.2 Å². The fourth-order valence-electron chi connectivity index (χ4n) is 5.20. The highest BCUT2D eigenvalue weighted by atomic mass is 16.5.